The number of carbonyl (C=O) groups excluding carboxylic acids is 2. The van der Waals surface area contributed by atoms with Gasteiger partial charge in [-0.05, 0) is 24.6 Å². The van der Waals surface area contributed by atoms with E-state index in [-0.39, 0.29) is 17.2 Å². The van der Waals surface area contributed by atoms with Crippen LogP contribution in [-0.2, 0) is 9.53 Å². The van der Waals surface area contributed by atoms with Crippen LogP contribution in [0.25, 0.3) is 0 Å². The first-order chi connectivity index (χ1) is 11.7. The second-order valence-electron chi connectivity index (χ2n) is 6.17. The van der Waals surface area contributed by atoms with Crippen LogP contribution in [0.2, 0.25) is 0 Å². The molecule has 1 aromatic carbocycles. The zero-order chi connectivity index (χ0) is 16.9. The van der Waals surface area contributed by atoms with Crippen molar-refractivity contribution in [2.45, 2.75) is 29.5 Å². The molecule has 1 atom stereocenters. The van der Waals surface area contributed by atoms with Gasteiger partial charge >= 0.3 is 0 Å². The average Bonchev–Trinajstić information content (AvgIpc) is 3.11. The summed E-state index contributed by atoms with van der Waals surface area (Å²) in [6.45, 7) is 3.31. The molecule has 1 saturated heterocycles. The quantitative estimate of drug-likeness (QED) is 0.654. The molecule has 2 amide bonds. The minimum absolute atomic E-state index is 0.0436. The van der Waals surface area contributed by atoms with Crippen LogP contribution in [0.3, 0.4) is 0 Å². The first-order valence-corrected chi connectivity index (χ1v) is 9.30. The number of hydrogen-bond acceptors (Lipinski definition) is 4. The van der Waals surface area contributed by atoms with Crippen LogP contribution in [0.5, 0.6) is 0 Å². The number of fused-ring (bicyclic) bond motifs is 1. The summed E-state index contributed by atoms with van der Waals surface area (Å²) in [4.78, 5) is 27.0. The van der Waals surface area contributed by atoms with Gasteiger partial charge in [-0.15, -0.1) is 0 Å². The maximum absolute atomic E-state index is 12.4. The number of methoxy groups -OCH3 is 1. The molecular weight excluding hydrogens is 326 g/mol. The largest absolute Gasteiger partial charge is 0.385 e. The monoisotopic (exact) mass is 350 g/mol. The highest BCUT2D eigenvalue weighted by atomic mass is 32.2. The summed E-state index contributed by atoms with van der Waals surface area (Å²) in [5.41, 5.74) is 1.31. The third kappa shape index (κ3) is 3.91. The van der Waals surface area contributed by atoms with Gasteiger partial charge in [0.1, 0.15) is 0 Å². The number of likely N-dealkylation sites (tertiary alicyclic amines) is 1. The molecule has 0 aliphatic carbocycles. The Morgan fingerprint density at radius 2 is 2.21 bits per heavy atom. The molecule has 6 nitrogen and oxygen atoms in total. The Kier molecular flexibility index (Phi) is 5.76. The van der Waals surface area contributed by atoms with Crippen LogP contribution in [0.1, 0.15) is 29.6 Å². The predicted molar refractivity (Wildman–Crippen MR) is 93.5 cm³/mol. The number of quaternary nitrogens is 1. The zero-order valence-corrected chi connectivity index (χ0v) is 14.7. The lowest BCUT2D eigenvalue weighted by Gasteiger charge is -2.28. The average molecular weight is 350 g/mol. The molecule has 0 aromatic heterocycles. The molecule has 1 unspecified atom stereocenters. The number of ether oxygens (including phenoxy) is 1. The Hall–Kier alpha value is -1.57. The SMILES string of the molecule is COCCCNC(=O)c1ccc2c(c1)NC(=O)C([NH+]1CCCC1)S2. The first kappa shape index (κ1) is 17.3. The van der Waals surface area contributed by atoms with Gasteiger partial charge in [-0.25, -0.2) is 0 Å². The van der Waals surface area contributed by atoms with Crippen molar-refractivity contribution < 1.29 is 19.2 Å². The predicted octanol–water partition coefficient (Wildman–Crippen LogP) is 0.502. The van der Waals surface area contributed by atoms with Gasteiger partial charge < -0.3 is 20.3 Å². The first-order valence-electron chi connectivity index (χ1n) is 8.42. The van der Waals surface area contributed by atoms with E-state index in [0.717, 1.165) is 30.1 Å². The van der Waals surface area contributed by atoms with Gasteiger partial charge in [0.2, 0.25) is 5.37 Å². The lowest BCUT2D eigenvalue weighted by Crippen LogP contribution is -3.14. The number of rotatable bonds is 6. The van der Waals surface area contributed by atoms with Crippen molar-refractivity contribution >= 4 is 29.3 Å². The molecule has 130 valence electrons. The van der Waals surface area contributed by atoms with Crippen LogP contribution in [0.4, 0.5) is 5.69 Å². The summed E-state index contributed by atoms with van der Waals surface area (Å²) < 4.78 is 4.96. The zero-order valence-electron chi connectivity index (χ0n) is 13.9. The van der Waals surface area contributed by atoms with Crippen molar-refractivity contribution in [2.75, 3.05) is 38.7 Å². The summed E-state index contributed by atoms with van der Waals surface area (Å²) in [6.07, 6.45) is 3.16. The fraction of sp³-hybridized carbons (Fsp3) is 0.529. The summed E-state index contributed by atoms with van der Waals surface area (Å²) in [5.74, 6) is -0.0810. The fourth-order valence-corrected chi connectivity index (χ4v) is 4.34. The van der Waals surface area contributed by atoms with Crippen LogP contribution in [-0.4, -0.2) is 50.5 Å². The van der Waals surface area contributed by atoms with Gasteiger partial charge in [0.25, 0.3) is 11.8 Å². The van der Waals surface area contributed by atoms with Crippen LogP contribution in [0, 0.1) is 0 Å². The molecule has 2 aliphatic rings. The topological polar surface area (TPSA) is 71.9 Å². The van der Waals surface area contributed by atoms with Crippen molar-refractivity contribution in [3.8, 4) is 0 Å². The Bertz CT molecular complexity index is 617. The van der Waals surface area contributed by atoms with E-state index >= 15 is 0 Å². The second kappa shape index (κ2) is 8.00. The van der Waals surface area contributed by atoms with Crippen molar-refractivity contribution in [1.82, 2.24) is 5.32 Å². The maximum atomic E-state index is 12.4. The Balaban J connectivity index is 1.65. The summed E-state index contributed by atoms with van der Waals surface area (Å²) in [6, 6.07) is 5.53. The van der Waals surface area contributed by atoms with Gasteiger partial charge in [0.15, 0.2) is 0 Å². The van der Waals surface area contributed by atoms with Crippen molar-refractivity contribution in [2.24, 2.45) is 0 Å². The maximum Gasteiger partial charge on any atom is 0.294 e. The van der Waals surface area contributed by atoms with E-state index in [1.165, 1.54) is 17.7 Å². The Morgan fingerprint density at radius 3 is 2.96 bits per heavy atom. The number of hydrogen-bond donors (Lipinski definition) is 3. The molecule has 0 radical (unpaired) electrons. The van der Waals surface area contributed by atoms with E-state index in [2.05, 4.69) is 10.6 Å². The molecular formula is C17H24N3O3S+. The lowest BCUT2D eigenvalue weighted by atomic mass is 10.1. The van der Waals surface area contributed by atoms with Gasteiger partial charge in [-0.1, -0.05) is 11.8 Å². The molecule has 2 heterocycles. The van der Waals surface area contributed by atoms with Crippen LogP contribution < -0.4 is 15.5 Å². The molecule has 3 rings (SSSR count). The third-order valence-corrected chi connectivity index (χ3v) is 5.80. The smallest absolute Gasteiger partial charge is 0.294 e. The molecule has 0 bridgehead atoms. The second-order valence-corrected chi connectivity index (χ2v) is 7.31. The van der Waals surface area contributed by atoms with Gasteiger partial charge in [-0.2, -0.15) is 0 Å². The van der Waals surface area contributed by atoms with E-state index in [1.807, 2.05) is 12.1 Å². The molecule has 24 heavy (non-hydrogen) atoms. The molecule has 0 spiro atoms. The van der Waals surface area contributed by atoms with Gasteiger partial charge in [0.05, 0.1) is 18.8 Å². The number of thioether (sulfide) groups is 1. The number of carbonyl (C=O) groups is 2. The van der Waals surface area contributed by atoms with Gasteiger partial charge in [-0.3, -0.25) is 9.59 Å². The Morgan fingerprint density at radius 1 is 1.42 bits per heavy atom. The van der Waals surface area contributed by atoms with E-state index in [9.17, 15) is 9.59 Å². The van der Waals surface area contributed by atoms with E-state index in [4.69, 9.17) is 4.74 Å². The molecule has 1 aromatic rings. The van der Waals surface area contributed by atoms with Gasteiger partial charge in [0, 0.05) is 43.6 Å². The van der Waals surface area contributed by atoms with E-state index < -0.39 is 0 Å². The highest BCUT2D eigenvalue weighted by molar-refractivity contribution is 8.00. The number of amides is 2. The summed E-state index contributed by atoms with van der Waals surface area (Å²) in [5, 5.41) is 5.77. The normalized spacial score (nSPS) is 20.5. The molecule has 1 fully saturated rings. The lowest BCUT2D eigenvalue weighted by molar-refractivity contribution is -0.888. The van der Waals surface area contributed by atoms with E-state index in [0.29, 0.717) is 18.7 Å². The fourth-order valence-electron chi connectivity index (χ4n) is 3.13. The van der Waals surface area contributed by atoms with Crippen molar-refractivity contribution in [1.29, 1.82) is 0 Å². The number of nitrogens with one attached hydrogen (secondary N) is 3. The summed E-state index contributed by atoms with van der Waals surface area (Å²) in [7, 11) is 1.64. The molecule has 0 saturated carbocycles. The Labute approximate surface area is 146 Å². The minimum Gasteiger partial charge on any atom is -0.385 e. The highest BCUT2D eigenvalue weighted by Crippen LogP contribution is 2.34. The van der Waals surface area contributed by atoms with Crippen molar-refractivity contribution in [3.05, 3.63) is 23.8 Å². The highest BCUT2D eigenvalue weighted by Gasteiger charge is 2.37. The summed E-state index contributed by atoms with van der Waals surface area (Å²) >= 11 is 1.61. The minimum atomic E-state index is -0.125. The number of anilines is 1. The standard InChI is InChI=1S/C17H23N3O3S/c1-23-10-4-7-18-15(21)12-5-6-14-13(11-12)19-16(22)17(24-14)20-8-2-3-9-20/h5-6,11,17H,2-4,7-10H2,1H3,(H,18,21)(H,19,22)/p+1. The third-order valence-electron chi connectivity index (χ3n) is 4.41. The molecule has 2 aliphatic heterocycles. The van der Waals surface area contributed by atoms with E-state index in [1.54, 1.807) is 24.9 Å². The van der Waals surface area contributed by atoms with Crippen LogP contribution >= 0.6 is 11.8 Å². The molecule has 3 N–H and O–H groups in total. The van der Waals surface area contributed by atoms with Crippen LogP contribution in [0.15, 0.2) is 23.1 Å². The molecule has 7 heteroatoms. The number of benzene rings is 1. The van der Waals surface area contributed by atoms with Crippen molar-refractivity contribution in [3.63, 3.8) is 0 Å².